The van der Waals surface area contributed by atoms with E-state index in [4.69, 9.17) is 0 Å². The van der Waals surface area contributed by atoms with Crippen LogP contribution in [0.15, 0.2) is 55.9 Å². The molecular formula is C21H32FN3. The van der Waals surface area contributed by atoms with Crippen molar-refractivity contribution in [3.8, 4) is 0 Å². The van der Waals surface area contributed by atoms with E-state index in [1.807, 2.05) is 19.3 Å². The van der Waals surface area contributed by atoms with Crippen molar-refractivity contribution in [2.45, 2.75) is 26.9 Å². The summed E-state index contributed by atoms with van der Waals surface area (Å²) in [5.41, 5.74) is 7.92. The van der Waals surface area contributed by atoms with Gasteiger partial charge >= 0.3 is 0 Å². The van der Waals surface area contributed by atoms with Crippen LogP contribution < -0.4 is 5.73 Å². The van der Waals surface area contributed by atoms with Crippen LogP contribution in [0.4, 0.5) is 4.39 Å². The zero-order valence-electron chi connectivity index (χ0n) is 15.8. The third-order valence-corrected chi connectivity index (χ3v) is 4.62. The Kier molecular flexibility index (Phi) is 8.42. The fraction of sp³-hybridized carbons (Fsp3) is 0.429. The zero-order chi connectivity index (χ0) is 19.0. The van der Waals surface area contributed by atoms with Gasteiger partial charge in [0.05, 0.1) is 0 Å². The number of hydrogen-bond acceptors (Lipinski definition) is 3. The molecule has 0 radical (unpaired) electrons. The Morgan fingerprint density at radius 2 is 1.92 bits per heavy atom. The van der Waals surface area contributed by atoms with Crippen molar-refractivity contribution in [2.75, 3.05) is 20.1 Å². The van der Waals surface area contributed by atoms with E-state index in [1.165, 1.54) is 17.8 Å². The molecule has 2 unspecified atom stereocenters. The Morgan fingerprint density at radius 3 is 2.36 bits per heavy atom. The SMILES string of the molecule is C=CN.C=CN1CC(C)C(C(=C)C)C1.CN1Cc2cccc(F)c2C1. The minimum Gasteiger partial charge on any atom is -0.405 e. The Bertz CT molecular complexity index is 597. The molecule has 0 amide bonds. The van der Waals surface area contributed by atoms with Gasteiger partial charge in [-0.2, -0.15) is 0 Å². The second kappa shape index (κ2) is 10.0. The highest BCUT2D eigenvalue weighted by molar-refractivity contribution is 5.31. The Labute approximate surface area is 152 Å². The van der Waals surface area contributed by atoms with E-state index in [9.17, 15) is 4.39 Å². The molecule has 2 heterocycles. The van der Waals surface area contributed by atoms with Gasteiger partial charge in [-0.25, -0.2) is 4.39 Å². The second-order valence-corrected chi connectivity index (χ2v) is 6.85. The van der Waals surface area contributed by atoms with Crippen LogP contribution in [0.3, 0.4) is 0 Å². The Hall–Kier alpha value is -2.07. The molecular weight excluding hydrogens is 313 g/mol. The van der Waals surface area contributed by atoms with Gasteiger partial charge in [0.1, 0.15) is 5.82 Å². The summed E-state index contributed by atoms with van der Waals surface area (Å²) in [5, 5.41) is 0. The summed E-state index contributed by atoms with van der Waals surface area (Å²) in [5.74, 6) is 1.35. The first-order valence-corrected chi connectivity index (χ1v) is 8.63. The number of rotatable bonds is 2. The number of likely N-dealkylation sites (tertiary alicyclic amines) is 1. The summed E-state index contributed by atoms with van der Waals surface area (Å²) >= 11 is 0. The first-order valence-electron chi connectivity index (χ1n) is 8.63. The quantitative estimate of drug-likeness (QED) is 0.818. The number of nitrogens with two attached hydrogens (primary N) is 1. The first kappa shape index (κ1) is 21.0. The maximum Gasteiger partial charge on any atom is 0.128 e. The van der Waals surface area contributed by atoms with Crippen LogP contribution >= 0.6 is 0 Å². The Balaban J connectivity index is 0.000000217. The van der Waals surface area contributed by atoms with E-state index < -0.39 is 0 Å². The number of halogens is 1. The van der Waals surface area contributed by atoms with Crippen LogP contribution in [-0.2, 0) is 13.1 Å². The van der Waals surface area contributed by atoms with E-state index in [1.54, 1.807) is 6.07 Å². The van der Waals surface area contributed by atoms with Gasteiger partial charge in [0, 0.05) is 37.7 Å². The van der Waals surface area contributed by atoms with Gasteiger partial charge in [0.2, 0.25) is 0 Å². The van der Waals surface area contributed by atoms with Crippen molar-refractivity contribution in [2.24, 2.45) is 17.6 Å². The molecule has 1 saturated heterocycles. The molecule has 1 aromatic carbocycles. The first-order chi connectivity index (χ1) is 11.8. The van der Waals surface area contributed by atoms with Gasteiger partial charge in [-0.05, 0) is 43.9 Å². The average molecular weight is 346 g/mol. The molecule has 0 aromatic heterocycles. The van der Waals surface area contributed by atoms with Gasteiger partial charge in [0.25, 0.3) is 0 Å². The fourth-order valence-corrected chi connectivity index (χ4v) is 3.34. The van der Waals surface area contributed by atoms with E-state index in [2.05, 4.69) is 49.1 Å². The number of hydrogen-bond donors (Lipinski definition) is 1. The van der Waals surface area contributed by atoms with Crippen LogP contribution in [0.25, 0.3) is 0 Å². The predicted octanol–water partition coefficient (Wildman–Crippen LogP) is 4.13. The lowest BCUT2D eigenvalue weighted by atomic mass is 9.92. The molecule has 25 heavy (non-hydrogen) atoms. The topological polar surface area (TPSA) is 32.5 Å². The minimum absolute atomic E-state index is 0.0631. The summed E-state index contributed by atoms with van der Waals surface area (Å²) in [6.07, 6.45) is 3.18. The molecule has 3 nitrogen and oxygen atoms in total. The maximum atomic E-state index is 13.0. The molecule has 0 aliphatic carbocycles. The van der Waals surface area contributed by atoms with Crippen molar-refractivity contribution in [3.05, 3.63) is 72.9 Å². The average Bonchev–Trinajstić information content (AvgIpc) is 3.11. The summed E-state index contributed by atoms with van der Waals surface area (Å²) in [4.78, 5) is 4.37. The van der Waals surface area contributed by atoms with Gasteiger partial charge in [0.15, 0.2) is 0 Å². The number of nitrogens with zero attached hydrogens (tertiary/aromatic N) is 2. The van der Waals surface area contributed by atoms with Crippen LogP contribution in [-0.4, -0.2) is 29.9 Å². The molecule has 0 spiro atoms. The lowest BCUT2D eigenvalue weighted by Crippen LogP contribution is -2.12. The largest absolute Gasteiger partial charge is 0.405 e. The zero-order valence-corrected chi connectivity index (χ0v) is 15.8. The van der Waals surface area contributed by atoms with Crippen molar-refractivity contribution in [1.29, 1.82) is 0 Å². The molecule has 0 saturated carbocycles. The van der Waals surface area contributed by atoms with Crippen molar-refractivity contribution >= 4 is 0 Å². The van der Waals surface area contributed by atoms with Gasteiger partial charge in [-0.1, -0.05) is 44.4 Å². The molecule has 3 rings (SSSR count). The molecule has 2 N–H and O–H groups in total. The second-order valence-electron chi connectivity index (χ2n) is 6.85. The molecule has 4 heteroatoms. The van der Waals surface area contributed by atoms with E-state index >= 15 is 0 Å². The van der Waals surface area contributed by atoms with Gasteiger partial charge in [-0.3, -0.25) is 4.90 Å². The van der Waals surface area contributed by atoms with Crippen molar-refractivity contribution < 1.29 is 4.39 Å². The van der Waals surface area contributed by atoms with Crippen LogP contribution in [0.5, 0.6) is 0 Å². The normalized spacial score (nSPS) is 21.4. The number of benzene rings is 1. The van der Waals surface area contributed by atoms with Crippen molar-refractivity contribution in [1.82, 2.24) is 9.80 Å². The molecule has 138 valence electrons. The molecule has 2 aliphatic rings. The lowest BCUT2D eigenvalue weighted by molar-refractivity contribution is 0.350. The summed E-state index contributed by atoms with van der Waals surface area (Å²) in [7, 11) is 2.00. The third kappa shape index (κ3) is 6.05. The fourth-order valence-electron chi connectivity index (χ4n) is 3.34. The van der Waals surface area contributed by atoms with E-state index in [0.717, 1.165) is 43.2 Å². The maximum absolute atomic E-state index is 13.0. The van der Waals surface area contributed by atoms with Crippen molar-refractivity contribution in [3.63, 3.8) is 0 Å². The smallest absolute Gasteiger partial charge is 0.128 e. The lowest BCUT2D eigenvalue weighted by Gasteiger charge is -2.12. The number of fused-ring (bicyclic) bond motifs is 1. The Morgan fingerprint density at radius 1 is 1.28 bits per heavy atom. The van der Waals surface area contributed by atoms with Gasteiger partial charge in [-0.15, -0.1) is 0 Å². The molecule has 2 aliphatic heterocycles. The summed E-state index contributed by atoms with van der Waals surface area (Å²) < 4.78 is 13.0. The summed E-state index contributed by atoms with van der Waals surface area (Å²) in [6.45, 7) is 19.2. The molecule has 0 bridgehead atoms. The highest BCUT2D eigenvalue weighted by atomic mass is 19.1. The third-order valence-electron chi connectivity index (χ3n) is 4.62. The molecule has 2 atom stereocenters. The van der Waals surface area contributed by atoms with Crippen LogP contribution in [0.2, 0.25) is 0 Å². The van der Waals surface area contributed by atoms with E-state index in [-0.39, 0.29) is 5.82 Å². The van der Waals surface area contributed by atoms with Gasteiger partial charge < -0.3 is 10.6 Å². The predicted molar refractivity (Wildman–Crippen MR) is 105 cm³/mol. The molecule has 1 fully saturated rings. The standard InChI is InChI=1S/C10H17N.C9H10FN.C2H5N/c1-5-11-6-9(4)10(7-11)8(2)3;1-11-5-7-3-2-4-9(10)8(7)6-11;1-2-3/h5,9-10H,1-2,6-7H2,3-4H3;2-4H,5-6H2,1H3;2H,1,3H2. The van der Waals surface area contributed by atoms with E-state index in [0.29, 0.717) is 5.92 Å². The highest BCUT2D eigenvalue weighted by Crippen LogP contribution is 2.27. The van der Waals surface area contributed by atoms with Crippen LogP contribution in [0, 0.1) is 17.7 Å². The molecule has 1 aromatic rings. The van der Waals surface area contributed by atoms with Crippen LogP contribution in [0.1, 0.15) is 25.0 Å². The monoisotopic (exact) mass is 345 g/mol. The highest BCUT2D eigenvalue weighted by Gasteiger charge is 2.27. The minimum atomic E-state index is -0.0631. The summed E-state index contributed by atoms with van der Waals surface area (Å²) in [6, 6.07) is 5.28.